The van der Waals surface area contributed by atoms with E-state index in [1.807, 2.05) is 0 Å². The second-order valence-corrected chi connectivity index (χ2v) is 10.4. The van der Waals surface area contributed by atoms with Gasteiger partial charge in [-0.1, -0.05) is 0 Å². The maximum atomic E-state index is 13.3. The molecule has 3 heterocycles. The third-order valence-electron chi connectivity index (χ3n) is 4.52. The van der Waals surface area contributed by atoms with Gasteiger partial charge in [-0.05, 0) is 32.4 Å². The molecule has 1 fully saturated rings. The zero-order chi connectivity index (χ0) is 18.4. The van der Waals surface area contributed by atoms with Gasteiger partial charge in [0.15, 0.2) is 9.84 Å². The summed E-state index contributed by atoms with van der Waals surface area (Å²) in [6, 6.07) is 2.74. The first-order valence-electron chi connectivity index (χ1n) is 7.86. The van der Waals surface area contributed by atoms with Crippen LogP contribution in [0.2, 0.25) is 0 Å². The number of sulfonamides is 1. The highest BCUT2D eigenvalue weighted by molar-refractivity contribution is 7.92. The molecule has 0 N–H and O–H groups in total. The Labute approximate surface area is 147 Å². The fraction of sp³-hybridized carbons (Fsp3) is 0.533. The third kappa shape index (κ3) is 3.38. The lowest BCUT2D eigenvalue weighted by molar-refractivity contribution is 0.306. The summed E-state index contributed by atoms with van der Waals surface area (Å²) >= 11 is 0. The van der Waals surface area contributed by atoms with Crippen molar-refractivity contribution in [2.75, 3.05) is 11.5 Å². The Kier molecular flexibility index (Phi) is 4.54. The van der Waals surface area contributed by atoms with Gasteiger partial charge >= 0.3 is 0 Å². The van der Waals surface area contributed by atoms with E-state index in [0.717, 1.165) is 0 Å². The number of rotatable bonds is 5. The Morgan fingerprint density at radius 3 is 2.60 bits per heavy atom. The van der Waals surface area contributed by atoms with Crippen LogP contribution in [0.25, 0.3) is 0 Å². The maximum absolute atomic E-state index is 13.3. The highest BCUT2D eigenvalue weighted by Crippen LogP contribution is 2.30. The Balaban J connectivity index is 2.07. The average Bonchev–Trinajstić information content (AvgIpc) is 3.18. The fourth-order valence-corrected chi connectivity index (χ4v) is 7.06. The molecule has 138 valence electrons. The van der Waals surface area contributed by atoms with E-state index in [1.54, 1.807) is 33.0 Å². The van der Waals surface area contributed by atoms with Crippen LogP contribution in [0.4, 0.5) is 0 Å². The number of aromatic nitrogens is 2. The monoisotopic (exact) mass is 387 g/mol. The molecule has 0 saturated carbocycles. The topological polar surface area (TPSA) is 102 Å². The van der Waals surface area contributed by atoms with Gasteiger partial charge in [0.25, 0.3) is 0 Å². The highest BCUT2D eigenvalue weighted by Gasteiger charge is 2.41. The van der Waals surface area contributed by atoms with E-state index in [0.29, 0.717) is 17.1 Å². The average molecular weight is 387 g/mol. The minimum absolute atomic E-state index is 0.00710. The van der Waals surface area contributed by atoms with Crippen molar-refractivity contribution < 1.29 is 21.3 Å². The molecule has 0 bridgehead atoms. The normalized spacial score (nSPS) is 20.4. The quantitative estimate of drug-likeness (QED) is 0.759. The Morgan fingerprint density at radius 1 is 1.40 bits per heavy atom. The van der Waals surface area contributed by atoms with E-state index in [9.17, 15) is 16.8 Å². The molecule has 0 amide bonds. The summed E-state index contributed by atoms with van der Waals surface area (Å²) in [5.41, 5.74) is 0.910. The van der Waals surface area contributed by atoms with E-state index in [4.69, 9.17) is 4.42 Å². The molecule has 8 nitrogen and oxygen atoms in total. The molecule has 25 heavy (non-hydrogen) atoms. The molecular formula is C15H21N3O5S2. The van der Waals surface area contributed by atoms with E-state index in [1.165, 1.54) is 15.3 Å². The van der Waals surface area contributed by atoms with Gasteiger partial charge in [-0.25, -0.2) is 16.8 Å². The predicted molar refractivity (Wildman–Crippen MR) is 91.2 cm³/mol. The second kappa shape index (κ2) is 6.26. The van der Waals surface area contributed by atoms with Crippen molar-refractivity contribution >= 4 is 19.9 Å². The van der Waals surface area contributed by atoms with Gasteiger partial charge < -0.3 is 4.42 Å². The van der Waals surface area contributed by atoms with Crippen molar-refractivity contribution in [1.82, 2.24) is 14.1 Å². The predicted octanol–water partition coefficient (Wildman–Crippen LogP) is 1.01. The van der Waals surface area contributed by atoms with Crippen molar-refractivity contribution in [1.29, 1.82) is 0 Å². The van der Waals surface area contributed by atoms with E-state index >= 15 is 0 Å². The van der Waals surface area contributed by atoms with Gasteiger partial charge in [0.05, 0.1) is 35.7 Å². The molecule has 0 spiro atoms. The van der Waals surface area contributed by atoms with Crippen molar-refractivity contribution in [3.63, 3.8) is 0 Å². The molecule has 0 aliphatic carbocycles. The Hall–Kier alpha value is -1.65. The lowest BCUT2D eigenvalue weighted by Gasteiger charge is -2.26. The van der Waals surface area contributed by atoms with Crippen LogP contribution < -0.4 is 0 Å². The molecule has 0 unspecified atom stereocenters. The molecule has 1 saturated heterocycles. The number of aryl methyl sites for hydroxylation is 2. The van der Waals surface area contributed by atoms with Crippen molar-refractivity contribution in [3.05, 3.63) is 35.5 Å². The maximum Gasteiger partial charge on any atom is 0.247 e. The molecule has 2 aromatic heterocycles. The van der Waals surface area contributed by atoms with Crippen LogP contribution in [0.5, 0.6) is 0 Å². The first-order chi connectivity index (χ1) is 11.6. The summed E-state index contributed by atoms with van der Waals surface area (Å²) in [7, 11) is -5.48. The van der Waals surface area contributed by atoms with Gasteiger partial charge in [0.1, 0.15) is 10.7 Å². The number of hydrogen-bond acceptors (Lipinski definition) is 6. The van der Waals surface area contributed by atoms with Gasteiger partial charge in [-0.3, -0.25) is 4.68 Å². The highest BCUT2D eigenvalue weighted by atomic mass is 32.2. The van der Waals surface area contributed by atoms with Crippen molar-refractivity contribution in [3.8, 4) is 0 Å². The Morgan fingerprint density at radius 2 is 2.12 bits per heavy atom. The summed E-state index contributed by atoms with van der Waals surface area (Å²) in [6.45, 7) is 3.31. The summed E-state index contributed by atoms with van der Waals surface area (Å²) < 4.78 is 58.5. The molecular weight excluding hydrogens is 366 g/mol. The summed E-state index contributed by atoms with van der Waals surface area (Å²) in [4.78, 5) is 0.130. The van der Waals surface area contributed by atoms with Crippen LogP contribution >= 0.6 is 0 Å². The number of nitrogens with zero attached hydrogens (tertiary/aromatic N) is 3. The number of sulfone groups is 1. The zero-order valence-corrected chi connectivity index (χ0v) is 16.0. The fourth-order valence-electron chi connectivity index (χ4n) is 3.21. The molecule has 3 rings (SSSR count). The van der Waals surface area contributed by atoms with Gasteiger partial charge in [-0.15, -0.1) is 0 Å². The van der Waals surface area contributed by atoms with Crippen LogP contribution in [0.1, 0.15) is 23.6 Å². The largest absolute Gasteiger partial charge is 0.468 e. The standard InChI is InChI=1S/C15H21N3O5S2/c1-11-15(12(2)17(3)16-11)25(21,22)18(9-14-5-4-7-23-14)13-6-8-24(19,20)10-13/h4-5,7,13H,6,8-10H2,1-3H3/t13-/m0/s1. The van der Waals surface area contributed by atoms with Crippen LogP contribution in [0.15, 0.2) is 27.7 Å². The number of hydrogen-bond donors (Lipinski definition) is 0. The molecule has 0 aromatic carbocycles. The van der Waals surface area contributed by atoms with E-state index in [-0.39, 0.29) is 29.4 Å². The first-order valence-corrected chi connectivity index (χ1v) is 11.1. The van der Waals surface area contributed by atoms with Crippen LogP contribution in [-0.4, -0.2) is 48.5 Å². The molecule has 1 atom stereocenters. The van der Waals surface area contributed by atoms with Gasteiger partial charge in [0, 0.05) is 13.1 Å². The van der Waals surface area contributed by atoms with Gasteiger partial charge in [-0.2, -0.15) is 9.40 Å². The third-order valence-corrected chi connectivity index (χ3v) is 8.42. The van der Waals surface area contributed by atoms with Gasteiger partial charge in [0.2, 0.25) is 10.0 Å². The smallest absolute Gasteiger partial charge is 0.247 e. The Bertz CT molecular complexity index is 975. The molecule has 2 aromatic rings. The SMILES string of the molecule is Cc1nn(C)c(C)c1S(=O)(=O)N(Cc1ccco1)[C@H]1CCS(=O)(=O)C1. The zero-order valence-electron chi connectivity index (χ0n) is 14.3. The minimum atomic E-state index is -3.93. The summed E-state index contributed by atoms with van der Waals surface area (Å²) in [5.74, 6) is 0.282. The summed E-state index contributed by atoms with van der Waals surface area (Å²) in [5, 5.41) is 4.18. The minimum Gasteiger partial charge on any atom is -0.468 e. The second-order valence-electron chi connectivity index (χ2n) is 6.31. The van der Waals surface area contributed by atoms with Crippen molar-refractivity contribution in [2.45, 2.75) is 37.8 Å². The molecule has 1 aliphatic rings. The summed E-state index contributed by atoms with van der Waals surface area (Å²) in [6.07, 6.45) is 1.74. The first kappa shape index (κ1) is 18.2. The molecule has 1 aliphatic heterocycles. The lowest BCUT2D eigenvalue weighted by Crippen LogP contribution is -2.40. The number of furan rings is 1. The van der Waals surface area contributed by atoms with Crippen LogP contribution in [0, 0.1) is 13.8 Å². The van der Waals surface area contributed by atoms with E-state index < -0.39 is 25.9 Å². The molecule has 10 heteroatoms. The van der Waals surface area contributed by atoms with Crippen molar-refractivity contribution in [2.24, 2.45) is 7.05 Å². The molecule has 0 radical (unpaired) electrons. The van der Waals surface area contributed by atoms with Crippen LogP contribution in [0.3, 0.4) is 0 Å². The lowest BCUT2D eigenvalue weighted by atomic mass is 10.2. The van der Waals surface area contributed by atoms with Crippen LogP contribution in [-0.2, 0) is 33.5 Å². The van der Waals surface area contributed by atoms with E-state index in [2.05, 4.69) is 5.10 Å².